The molecule has 0 bridgehead atoms. The third-order valence-electron chi connectivity index (χ3n) is 3.18. The molecule has 2 rings (SSSR count). The van der Waals surface area contributed by atoms with Gasteiger partial charge >= 0.3 is 0 Å². The number of nitrogens with zero attached hydrogens (tertiary/aromatic N) is 2. The first-order valence-corrected chi connectivity index (χ1v) is 6.65. The highest BCUT2D eigenvalue weighted by atomic mass is 35.5. The minimum atomic E-state index is 0.198. The summed E-state index contributed by atoms with van der Waals surface area (Å²) < 4.78 is 1.75. The molecule has 17 heavy (non-hydrogen) atoms. The second-order valence-electron chi connectivity index (χ2n) is 4.52. The van der Waals surface area contributed by atoms with Crippen LogP contribution in [0.4, 0.5) is 0 Å². The summed E-state index contributed by atoms with van der Waals surface area (Å²) in [6.45, 7) is 3.42. The standard InChI is InChI=1S/C12H16Cl2N2O/c1-2-3-9-6-12(17)15(7-9)8-16-10(13)4-5-11(16)14/h4-5,9H,2-3,6-8H2,1H3. The van der Waals surface area contributed by atoms with Crippen molar-refractivity contribution in [3.05, 3.63) is 22.4 Å². The Morgan fingerprint density at radius 2 is 2.00 bits per heavy atom. The fraction of sp³-hybridized carbons (Fsp3) is 0.583. The summed E-state index contributed by atoms with van der Waals surface area (Å²) >= 11 is 12.0. The Bertz CT molecular complexity index is 397. The third kappa shape index (κ3) is 2.78. The Kier molecular flexibility index (Phi) is 4.00. The van der Waals surface area contributed by atoms with Crippen LogP contribution in [0.5, 0.6) is 0 Å². The fourth-order valence-corrected chi connectivity index (χ4v) is 2.78. The molecule has 1 aliphatic heterocycles. The maximum Gasteiger partial charge on any atom is 0.224 e. The predicted octanol–water partition coefficient (Wildman–Crippen LogP) is 3.40. The minimum Gasteiger partial charge on any atom is -0.324 e. The van der Waals surface area contributed by atoms with Crippen molar-refractivity contribution in [3.8, 4) is 0 Å². The number of halogens is 2. The monoisotopic (exact) mass is 274 g/mol. The molecule has 0 spiro atoms. The molecule has 0 aliphatic carbocycles. The lowest BCUT2D eigenvalue weighted by molar-refractivity contribution is -0.129. The molecule has 1 amide bonds. The molecular weight excluding hydrogens is 259 g/mol. The van der Waals surface area contributed by atoms with E-state index in [0.29, 0.717) is 29.3 Å². The zero-order valence-corrected chi connectivity index (χ0v) is 11.3. The molecule has 1 unspecified atom stereocenters. The van der Waals surface area contributed by atoms with E-state index < -0.39 is 0 Å². The van der Waals surface area contributed by atoms with Crippen LogP contribution < -0.4 is 0 Å². The Balaban J connectivity index is 2.03. The van der Waals surface area contributed by atoms with E-state index in [1.165, 1.54) is 0 Å². The van der Waals surface area contributed by atoms with E-state index in [4.69, 9.17) is 23.2 Å². The van der Waals surface area contributed by atoms with Crippen LogP contribution in [0.2, 0.25) is 10.3 Å². The van der Waals surface area contributed by atoms with Crippen LogP contribution in [0.15, 0.2) is 12.1 Å². The van der Waals surface area contributed by atoms with Crippen LogP contribution in [0.25, 0.3) is 0 Å². The molecule has 1 saturated heterocycles. The van der Waals surface area contributed by atoms with Gasteiger partial charge in [0.25, 0.3) is 0 Å². The normalized spacial score (nSPS) is 20.3. The van der Waals surface area contributed by atoms with E-state index in [0.717, 1.165) is 19.4 Å². The molecule has 2 heterocycles. The van der Waals surface area contributed by atoms with Crippen LogP contribution in [-0.4, -0.2) is 21.9 Å². The van der Waals surface area contributed by atoms with Crippen molar-refractivity contribution in [2.75, 3.05) is 6.54 Å². The molecule has 1 atom stereocenters. The molecule has 1 fully saturated rings. The van der Waals surface area contributed by atoms with Gasteiger partial charge in [0.15, 0.2) is 0 Å². The first kappa shape index (κ1) is 12.8. The number of rotatable bonds is 4. The summed E-state index contributed by atoms with van der Waals surface area (Å²) in [6, 6.07) is 3.49. The van der Waals surface area contributed by atoms with E-state index >= 15 is 0 Å². The summed E-state index contributed by atoms with van der Waals surface area (Å²) in [6.07, 6.45) is 2.89. The Morgan fingerprint density at radius 3 is 2.59 bits per heavy atom. The highest BCUT2D eigenvalue weighted by Gasteiger charge is 2.29. The first-order chi connectivity index (χ1) is 8.11. The average Bonchev–Trinajstić information content (AvgIpc) is 2.77. The van der Waals surface area contributed by atoms with Gasteiger partial charge < -0.3 is 9.47 Å². The Morgan fingerprint density at radius 1 is 1.35 bits per heavy atom. The van der Waals surface area contributed by atoms with E-state index in [9.17, 15) is 4.79 Å². The predicted molar refractivity (Wildman–Crippen MR) is 69.2 cm³/mol. The van der Waals surface area contributed by atoms with E-state index in [2.05, 4.69) is 6.92 Å². The largest absolute Gasteiger partial charge is 0.324 e. The van der Waals surface area contributed by atoms with Gasteiger partial charge in [0.2, 0.25) is 5.91 Å². The number of hydrogen-bond acceptors (Lipinski definition) is 1. The fourth-order valence-electron chi connectivity index (χ4n) is 2.32. The molecule has 0 aromatic carbocycles. The van der Waals surface area contributed by atoms with Crippen LogP contribution in [0.3, 0.4) is 0 Å². The van der Waals surface area contributed by atoms with Crippen LogP contribution in [-0.2, 0) is 11.5 Å². The lowest BCUT2D eigenvalue weighted by Gasteiger charge is -2.18. The minimum absolute atomic E-state index is 0.198. The summed E-state index contributed by atoms with van der Waals surface area (Å²) in [5, 5.41) is 1.14. The van der Waals surface area contributed by atoms with Gasteiger partial charge in [0, 0.05) is 13.0 Å². The Labute approximate surface area is 111 Å². The summed E-state index contributed by atoms with van der Waals surface area (Å²) in [5.74, 6) is 0.685. The van der Waals surface area contributed by atoms with Gasteiger partial charge in [-0.3, -0.25) is 4.79 Å². The molecule has 94 valence electrons. The van der Waals surface area contributed by atoms with Gasteiger partial charge in [-0.2, -0.15) is 0 Å². The number of hydrogen-bond donors (Lipinski definition) is 0. The lowest BCUT2D eigenvalue weighted by Crippen LogP contribution is -2.28. The van der Waals surface area contributed by atoms with Crippen LogP contribution in [0, 0.1) is 5.92 Å². The van der Waals surface area contributed by atoms with Crippen molar-refractivity contribution >= 4 is 29.1 Å². The smallest absolute Gasteiger partial charge is 0.224 e. The molecule has 0 saturated carbocycles. The van der Waals surface area contributed by atoms with Crippen molar-refractivity contribution in [1.29, 1.82) is 0 Å². The highest BCUT2D eigenvalue weighted by Crippen LogP contribution is 2.25. The average molecular weight is 275 g/mol. The van der Waals surface area contributed by atoms with Crippen LogP contribution in [0.1, 0.15) is 26.2 Å². The third-order valence-corrected chi connectivity index (χ3v) is 3.84. The summed E-state index contributed by atoms with van der Waals surface area (Å²) in [5.41, 5.74) is 0. The number of carbonyl (C=O) groups excluding carboxylic acids is 1. The molecular formula is C12H16Cl2N2O. The van der Waals surface area contributed by atoms with Crippen molar-refractivity contribution < 1.29 is 4.79 Å². The van der Waals surface area contributed by atoms with Gasteiger partial charge in [-0.1, -0.05) is 36.5 Å². The van der Waals surface area contributed by atoms with Crippen molar-refractivity contribution in [2.45, 2.75) is 32.9 Å². The molecule has 3 nitrogen and oxygen atoms in total. The van der Waals surface area contributed by atoms with E-state index in [1.54, 1.807) is 16.7 Å². The molecule has 1 aromatic rings. The quantitative estimate of drug-likeness (QED) is 0.826. The van der Waals surface area contributed by atoms with Gasteiger partial charge in [-0.15, -0.1) is 0 Å². The van der Waals surface area contributed by atoms with Gasteiger partial charge in [-0.25, -0.2) is 0 Å². The van der Waals surface area contributed by atoms with Gasteiger partial charge in [0.1, 0.15) is 10.3 Å². The second kappa shape index (κ2) is 5.32. The lowest BCUT2D eigenvalue weighted by atomic mass is 10.0. The van der Waals surface area contributed by atoms with Gasteiger partial charge in [0.05, 0.1) is 6.67 Å². The van der Waals surface area contributed by atoms with Crippen LogP contribution >= 0.6 is 23.2 Å². The summed E-state index contributed by atoms with van der Waals surface area (Å²) in [4.78, 5) is 13.7. The van der Waals surface area contributed by atoms with Crippen molar-refractivity contribution in [3.63, 3.8) is 0 Å². The maximum atomic E-state index is 11.8. The molecule has 5 heteroatoms. The van der Waals surface area contributed by atoms with Crippen molar-refractivity contribution in [1.82, 2.24) is 9.47 Å². The number of likely N-dealkylation sites (tertiary alicyclic amines) is 1. The van der Waals surface area contributed by atoms with E-state index in [-0.39, 0.29) is 5.91 Å². The number of amides is 1. The maximum absolute atomic E-state index is 11.8. The van der Waals surface area contributed by atoms with Crippen molar-refractivity contribution in [2.24, 2.45) is 5.92 Å². The number of aromatic nitrogens is 1. The zero-order valence-electron chi connectivity index (χ0n) is 9.83. The molecule has 0 radical (unpaired) electrons. The molecule has 0 N–H and O–H groups in total. The zero-order chi connectivity index (χ0) is 12.4. The first-order valence-electron chi connectivity index (χ1n) is 5.90. The summed E-state index contributed by atoms with van der Waals surface area (Å²) in [7, 11) is 0. The molecule has 1 aromatic heterocycles. The van der Waals surface area contributed by atoms with Gasteiger partial charge in [-0.05, 0) is 24.5 Å². The SMILES string of the molecule is CCCC1CC(=O)N(Cn2c(Cl)ccc2Cl)C1. The van der Waals surface area contributed by atoms with E-state index in [1.807, 2.05) is 4.90 Å². The molecule has 1 aliphatic rings. The topological polar surface area (TPSA) is 25.2 Å². The number of carbonyl (C=O) groups is 1. The highest BCUT2D eigenvalue weighted by molar-refractivity contribution is 6.33. The Hall–Kier alpha value is -0.670. The second-order valence-corrected chi connectivity index (χ2v) is 5.30.